The lowest BCUT2D eigenvalue weighted by Crippen LogP contribution is -2.11. The highest BCUT2D eigenvalue weighted by atomic mass is 35.5. The molecule has 1 aromatic heterocycles. The van der Waals surface area contributed by atoms with Crippen LogP contribution in [-0.4, -0.2) is 23.1 Å². The first-order valence-electron chi connectivity index (χ1n) is 8.55. The van der Waals surface area contributed by atoms with Crippen LogP contribution in [0.15, 0.2) is 57.9 Å². The number of anilines is 1. The van der Waals surface area contributed by atoms with Gasteiger partial charge >= 0.3 is 0 Å². The smallest absolute Gasteiger partial charge is 0.152 e. The van der Waals surface area contributed by atoms with Crippen molar-refractivity contribution in [2.45, 2.75) is 25.7 Å². The molecule has 1 N–H and O–H groups in total. The number of fused-ring (bicyclic) bond motifs is 2. The molecule has 1 aromatic carbocycles. The molecule has 0 bridgehead atoms. The van der Waals surface area contributed by atoms with Gasteiger partial charge in [-0.2, -0.15) is 0 Å². The van der Waals surface area contributed by atoms with E-state index in [1.54, 1.807) is 18.5 Å². The van der Waals surface area contributed by atoms with E-state index in [2.05, 4.69) is 40.4 Å². The fourth-order valence-corrected chi connectivity index (χ4v) is 3.59. The molecule has 0 spiro atoms. The lowest BCUT2D eigenvalue weighted by atomic mass is 9.98. The maximum absolute atomic E-state index is 6.46. The van der Waals surface area contributed by atoms with E-state index in [1.165, 1.54) is 18.4 Å². The minimum absolute atomic E-state index is 0.655. The summed E-state index contributed by atoms with van der Waals surface area (Å²) in [6.45, 7) is 2.76. The monoisotopic (exact) mass is 348 g/mol. The Balaban J connectivity index is 1.75. The Labute approximate surface area is 151 Å². The average Bonchev–Trinajstić information content (AvgIpc) is 3.42. The standard InChI is InChI=1S/C20H17ClN4/c1-11-9-23-20-18(11)25-19(15-10-22-7-6-16(15)21)14-5-4-13(12-2-3-12)8-17(14)24-20/h4-8,10,12H,2-3,9H2,1H3,(H,23,24). The predicted octanol–water partition coefficient (Wildman–Crippen LogP) is 4.56. The number of aromatic nitrogens is 1. The van der Waals surface area contributed by atoms with Crippen molar-refractivity contribution in [1.82, 2.24) is 4.98 Å². The van der Waals surface area contributed by atoms with Gasteiger partial charge in [-0.25, -0.2) is 4.99 Å². The number of amidine groups is 1. The number of aliphatic imine (C=N–C) groups is 2. The lowest BCUT2D eigenvalue weighted by molar-refractivity contribution is 1.13. The molecule has 1 aliphatic carbocycles. The molecule has 5 heteroatoms. The number of benzene rings is 1. The molecule has 2 aromatic rings. The van der Waals surface area contributed by atoms with Gasteiger partial charge in [0.1, 0.15) is 5.70 Å². The number of pyridine rings is 1. The third-order valence-corrected chi connectivity index (χ3v) is 5.28. The number of rotatable bonds is 2. The van der Waals surface area contributed by atoms with Gasteiger partial charge in [-0.05, 0) is 49.0 Å². The Morgan fingerprint density at radius 1 is 1.16 bits per heavy atom. The Bertz CT molecular complexity index is 983. The summed E-state index contributed by atoms with van der Waals surface area (Å²) in [5, 5.41) is 4.16. The molecule has 0 amide bonds. The van der Waals surface area contributed by atoms with Gasteiger partial charge in [0.05, 0.1) is 17.3 Å². The summed E-state index contributed by atoms with van der Waals surface area (Å²) in [4.78, 5) is 13.8. The van der Waals surface area contributed by atoms with E-state index < -0.39 is 0 Å². The van der Waals surface area contributed by atoms with E-state index in [0.717, 1.165) is 39.6 Å². The number of hydrogen-bond donors (Lipinski definition) is 1. The number of nitrogens with zero attached hydrogens (tertiary/aromatic N) is 3. The van der Waals surface area contributed by atoms with Crippen molar-refractivity contribution < 1.29 is 0 Å². The summed E-state index contributed by atoms with van der Waals surface area (Å²) >= 11 is 6.46. The molecule has 1 saturated carbocycles. The van der Waals surface area contributed by atoms with Crippen LogP contribution in [0.1, 0.15) is 42.4 Å². The minimum Gasteiger partial charge on any atom is -0.338 e. The molecule has 4 nitrogen and oxygen atoms in total. The second kappa shape index (κ2) is 5.53. The highest BCUT2D eigenvalue weighted by Gasteiger charge is 2.28. The zero-order valence-corrected chi connectivity index (χ0v) is 14.6. The summed E-state index contributed by atoms with van der Waals surface area (Å²) in [5.41, 5.74) is 7.24. The van der Waals surface area contributed by atoms with E-state index in [-0.39, 0.29) is 0 Å². The van der Waals surface area contributed by atoms with Gasteiger partial charge in [-0.15, -0.1) is 0 Å². The zero-order chi connectivity index (χ0) is 17.0. The summed E-state index contributed by atoms with van der Waals surface area (Å²) in [5.74, 6) is 1.54. The highest BCUT2D eigenvalue weighted by Crippen LogP contribution is 2.42. The molecular weight excluding hydrogens is 332 g/mol. The van der Waals surface area contributed by atoms with Crippen LogP contribution in [0.3, 0.4) is 0 Å². The van der Waals surface area contributed by atoms with E-state index in [9.17, 15) is 0 Å². The molecule has 3 aliphatic rings. The Morgan fingerprint density at radius 2 is 2.04 bits per heavy atom. The summed E-state index contributed by atoms with van der Waals surface area (Å²) < 4.78 is 0. The Morgan fingerprint density at radius 3 is 2.84 bits per heavy atom. The topological polar surface area (TPSA) is 49.6 Å². The zero-order valence-electron chi connectivity index (χ0n) is 13.9. The van der Waals surface area contributed by atoms with E-state index in [0.29, 0.717) is 17.5 Å². The van der Waals surface area contributed by atoms with Gasteiger partial charge in [0.25, 0.3) is 0 Å². The second-order valence-electron chi connectivity index (χ2n) is 6.81. The van der Waals surface area contributed by atoms with Crippen molar-refractivity contribution in [2.75, 3.05) is 11.9 Å². The summed E-state index contributed by atoms with van der Waals surface area (Å²) in [6.07, 6.45) is 6.04. The molecule has 0 saturated heterocycles. The first-order valence-corrected chi connectivity index (χ1v) is 8.93. The summed E-state index contributed by atoms with van der Waals surface area (Å²) in [7, 11) is 0. The summed E-state index contributed by atoms with van der Waals surface area (Å²) in [6, 6.07) is 8.41. The average molecular weight is 349 g/mol. The largest absolute Gasteiger partial charge is 0.338 e. The number of halogens is 1. The van der Waals surface area contributed by atoms with Gasteiger partial charge in [-0.3, -0.25) is 9.98 Å². The Hall–Kier alpha value is -2.46. The Kier molecular flexibility index (Phi) is 3.28. The maximum atomic E-state index is 6.46. The third-order valence-electron chi connectivity index (χ3n) is 4.95. The van der Waals surface area contributed by atoms with Crippen molar-refractivity contribution >= 4 is 28.8 Å². The lowest BCUT2D eigenvalue weighted by Gasteiger charge is -2.13. The van der Waals surface area contributed by atoms with Crippen LogP contribution >= 0.6 is 11.6 Å². The van der Waals surface area contributed by atoms with Crippen LogP contribution in [0.5, 0.6) is 0 Å². The molecule has 0 atom stereocenters. The van der Waals surface area contributed by atoms with Crippen LogP contribution < -0.4 is 5.32 Å². The fourth-order valence-electron chi connectivity index (χ4n) is 3.40. The SMILES string of the molecule is CC1=C2N=C(c3cnccc3Cl)c3ccc(C4CC4)cc3NC2=NC1. The van der Waals surface area contributed by atoms with Crippen molar-refractivity contribution in [3.8, 4) is 0 Å². The van der Waals surface area contributed by atoms with E-state index in [4.69, 9.17) is 16.6 Å². The van der Waals surface area contributed by atoms with E-state index in [1.807, 2.05) is 0 Å². The number of hydrogen-bond acceptors (Lipinski definition) is 4. The third kappa shape index (κ3) is 2.48. The van der Waals surface area contributed by atoms with Crippen molar-refractivity contribution in [2.24, 2.45) is 9.98 Å². The first kappa shape index (κ1) is 14.8. The van der Waals surface area contributed by atoms with Crippen LogP contribution in [0.25, 0.3) is 0 Å². The van der Waals surface area contributed by atoms with Gasteiger partial charge in [0.2, 0.25) is 0 Å². The maximum Gasteiger partial charge on any atom is 0.152 e. The van der Waals surface area contributed by atoms with Crippen molar-refractivity contribution in [3.63, 3.8) is 0 Å². The van der Waals surface area contributed by atoms with Crippen molar-refractivity contribution in [1.29, 1.82) is 0 Å². The van der Waals surface area contributed by atoms with Crippen molar-refractivity contribution in [3.05, 3.63) is 69.6 Å². The molecule has 25 heavy (non-hydrogen) atoms. The molecule has 0 radical (unpaired) electrons. The van der Waals surface area contributed by atoms with Gasteiger partial charge < -0.3 is 5.32 Å². The molecule has 2 aliphatic heterocycles. The number of nitrogens with one attached hydrogen (secondary N) is 1. The fraction of sp³-hybridized carbons (Fsp3) is 0.250. The first-order chi connectivity index (χ1) is 12.2. The van der Waals surface area contributed by atoms with Gasteiger partial charge in [0, 0.05) is 29.2 Å². The molecule has 1 fully saturated rings. The predicted molar refractivity (Wildman–Crippen MR) is 102 cm³/mol. The van der Waals surface area contributed by atoms with Gasteiger partial charge in [0.15, 0.2) is 5.84 Å². The minimum atomic E-state index is 0.655. The van der Waals surface area contributed by atoms with Gasteiger partial charge in [-0.1, -0.05) is 23.7 Å². The molecule has 0 unspecified atom stereocenters. The molecule has 3 heterocycles. The molecular formula is C20H17ClN4. The molecule has 124 valence electrons. The van der Waals surface area contributed by atoms with Crippen LogP contribution in [0, 0.1) is 0 Å². The molecule has 5 rings (SSSR count). The second-order valence-corrected chi connectivity index (χ2v) is 7.22. The highest BCUT2D eigenvalue weighted by molar-refractivity contribution is 6.36. The van der Waals surface area contributed by atoms with Crippen LogP contribution in [0.2, 0.25) is 5.02 Å². The van der Waals surface area contributed by atoms with Crippen LogP contribution in [0.4, 0.5) is 5.69 Å². The quantitative estimate of drug-likeness (QED) is 0.864. The normalized spacial score (nSPS) is 18.8. The van der Waals surface area contributed by atoms with E-state index >= 15 is 0 Å². The van der Waals surface area contributed by atoms with Crippen LogP contribution in [-0.2, 0) is 0 Å².